The Morgan fingerprint density at radius 3 is 2.65 bits per heavy atom. The van der Waals surface area contributed by atoms with Crippen molar-refractivity contribution >= 4 is 21.6 Å². The number of aliphatic hydroxyl groups is 1. The first-order valence-electron chi connectivity index (χ1n) is 6.24. The van der Waals surface area contributed by atoms with Crippen molar-refractivity contribution in [3.05, 3.63) is 29.0 Å². The van der Waals surface area contributed by atoms with Gasteiger partial charge in [0.05, 0.1) is 5.02 Å². The van der Waals surface area contributed by atoms with Crippen LogP contribution in [0.5, 0.6) is 0 Å². The summed E-state index contributed by atoms with van der Waals surface area (Å²) in [6.45, 7) is 3.98. The van der Waals surface area contributed by atoms with Crippen molar-refractivity contribution in [2.75, 3.05) is 13.2 Å². The Bertz CT molecular complexity index is 561. The Hall–Kier alpha value is -0.690. The quantitative estimate of drug-likeness (QED) is 0.758. The van der Waals surface area contributed by atoms with Crippen LogP contribution in [0.4, 0.5) is 4.39 Å². The van der Waals surface area contributed by atoms with Gasteiger partial charge in [0.2, 0.25) is 10.0 Å². The molecule has 0 fully saturated rings. The van der Waals surface area contributed by atoms with E-state index in [1.54, 1.807) is 0 Å². The number of benzene rings is 1. The van der Waals surface area contributed by atoms with Crippen molar-refractivity contribution in [2.24, 2.45) is 5.41 Å². The van der Waals surface area contributed by atoms with Crippen LogP contribution in [0.1, 0.15) is 26.7 Å². The first-order valence-corrected chi connectivity index (χ1v) is 8.10. The van der Waals surface area contributed by atoms with Gasteiger partial charge in [-0.2, -0.15) is 0 Å². The van der Waals surface area contributed by atoms with Crippen LogP contribution in [-0.4, -0.2) is 26.7 Å². The predicted molar refractivity (Wildman–Crippen MR) is 76.7 cm³/mol. The summed E-state index contributed by atoms with van der Waals surface area (Å²) >= 11 is 5.56. The van der Waals surface area contributed by atoms with Gasteiger partial charge in [-0.3, -0.25) is 0 Å². The van der Waals surface area contributed by atoms with E-state index in [1.165, 1.54) is 18.2 Å². The molecule has 4 nitrogen and oxygen atoms in total. The lowest BCUT2D eigenvalue weighted by atomic mass is 9.89. The van der Waals surface area contributed by atoms with E-state index in [2.05, 4.69) is 4.72 Å². The molecule has 0 aliphatic rings. The van der Waals surface area contributed by atoms with Gasteiger partial charge in [-0.25, -0.2) is 17.5 Å². The Morgan fingerprint density at radius 2 is 2.05 bits per heavy atom. The minimum atomic E-state index is -3.91. The standard InChI is InChI=1S/C13H19ClFNO3S/c1-13(2,9-17)7-4-8-16-20(18,19)11-6-3-5-10(14)12(11)15/h3,5-6,16-17H,4,7-9H2,1-2H3. The summed E-state index contributed by atoms with van der Waals surface area (Å²) in [5.74, 6) is -0.947. The molecule has 0 unspecified atom stereocenters. The van der Waals surface area contributed by atoms with E-state index in [-0.39, 0.29) is 23.6 Å². The first kappa shape index (κ1) is 17.4. The second-order valence-corrected chi connectivity index (χ2v) is 7.52. The fourth-order valence-electron chi connectivity index (χ4n) is 1.62. The average molecular weight is 324 g/mol. The highest BCUT2D eigenvalue weighted by molar-refractivity contribution is 7.89. The van der Waals surface area contributed by atoms with E-state index in [0.717, 1.165) is 0 Å². The van der Waals surface area contributed by atoms with Crippen molar-refractivity contribution in [3.63, 3.8) is 0 Å². The van der Waals surface area contributed by atoms with Gasteiger partial charge in [-0.15, -0.1) is 0 Å². The number of nitrogens with one attached hydrogen (secondary N) is 1. The summed E-state index contributed by atoms with van der Waals surface area (Å²) in [5, 5.41) is 8.87. The molecular weight excluding hydrogens is 305 g/mol. The number of hydrogen-bond donors (Lipinski definition) is 2. The molecule has 0 heterocycles. The molecule has 7 heteroatoms. The lowest BCUT2D eigenvalue weighted by molar-refractivity contribution is 0.148. The zero-order valence-corrected chi connectivity index (χ0v) is 13.1. The minimum absolute atomic E-state index is 0.0304. The minimum Gasteiger partial charge on any atom is -0.396 e. The predicted octanol–water partition coefficient (Wildman–Crippen LogP) is 2.56. The van der Waals surface area contributed by atoms with Gasteiger partial charge >= 0.3 is 0 Å². The maximum atomic E-state index is 13.7. The molecule has 1 aromatic carbocycles. The highest BCUT2D eigenvalue weighted by Crippen LogP contribution is 2.23. The van der Waals surface area contributed by atoms with Crippen molar-refractivity contribution < 1.29 is 17.9 Å². The third kappa shape index (κ3) is 4.70. The molecule has 0 bridgehead atoms. The monoisotopic (exact) mass is 323 g/mol. The first-order chi connectivity index (χ1) is 9.19. The second kappa shape index (κ2) is 6.85. The highest BCUT2D eigenvalue weighted by Gasteiger charge is 2.21. The smallest absolute Gasteiger partial charge is 0.243 e. The van der Waals surface area contributed by atoms with Gasteiger partial charge in [-0.1, -0.05) is 31.5 Å². The number of hydrogen-bond acceptors (Lipinski definition) is 3. The maximum absolute atomic E-state index is 13.7. The van der Waals surface area contributed by atoms with Gasteiger partial charge in [-0.05, 0) is 30.4 Å². The number of halogens is 2. The van der Waals surface area contributed by atoms with Gasteiger partial charge in [0.1, 0.15) is 4.90 Å². The van der Waals surface area contributed by atoms with Crippen molar-refractivity contribution in [3.8, 4) is 0 Å². The Kier molecular flexibility index (Phi) is 5.94. The van der Waals surface area contributed by atoms with Gasteiger partial charge in [0.15, 0.2) is 5.82 Å². The van der Waals surface area contributed by atoms with Crippen molar-refractivity contribution in [1.82, 2.24) is 4.72 Å². The Labute approximate surface area is 124 Å². The fraction of sp³-hybridized carbons (Fsp3) is 0.538. The molecule has 0 radical (unpaired) electrons. The zero-order valence-electron chi connectivity index (χ0n) is 11.5. The van der Waals surface area contributed by atoms with Crippen LogP contribution >= 0.6 is 11.6 Å². The summed E-state index contributed by atoms with van der Waals surface area (Å²) in [4.78, 5) is -0.452. The van der Waals surface area contributed by atoms with E-state index in [1.807, 2.05) is 13.8 Å². The topological polar surface area (TPSA) is 66.4 Å². The normalized spacial score (nSPS) is 12.7. The molecule has 1 aromatic rings. The zero-order chi connectivity index (χ0) is 15.4. The average Bonchev–Trinajstić information content (AvgIpc) is 2.38. The molecule has 0 aliphatic carbocycles. The maximum Gasteiger partial charge on any atom is 0.243 e. The SMILES string of the molecule is CC(C)(CO)CCCNS(=O)(=O)c1cccc(Cl)c1F. The van der Waals surface area contributed by atoms with Crippen LogP contribution < -0.4 is 4.72 Å². The lowest BCUT2D eigenvalue weighted by Gasteiger charge is -2.21. The Morgan fingerprint density at radius 1 is 1.40 bits per heavy atom. The molecule has 2 N–H and O–H groups in total. The number of rotatable bonds is 7. The fourth-order valence-corrected chi connectivity index (χ4v) is 3.02. The number of sulfonamides is 1. The van der Waals surface area contributed by atoms with E-state index in [9.17, 15) is 12.8 Å². The molecule has 1 rings (SSSR count). The van der Waals surface area contributed by atoms with Crippen LogP contribution in [0.25, 0.3) is 0 Å². The van der Waals surface area contributed by atoms with Crippen LogP contribution in [0, 0.1) is 11.2 Å². The van der Waals surface area contributed by atoms with Crippen molar-refractivity contribution in [2.45, 2.75) is 31.6 Å². The summed E-state index contributed by atoms with van der Waals surface area (Å²) in [7, 11) is -3.91. The molecular formula is C13H19ClFNO3S. The van der Waals surface area contributed by atoms with E-state index < -0.39 is 20.7 Å². The van der Waals surface area contributed by atoms with Gasteiger partial charge in [0, 0.05) is 13.2 Å². The third-order valence-electron chi connectivity index (χ3n) is 2.96. The molecule has 0 saturated heterocycles. The molecule has 20 heavy (non-hydrogen) atoms. The second-order valence-electron chi connectivity index (χ2n) is 5.38. The van der Waals surface area contributed by atoms with Gasteiger partial charge in [0.25, 0.3) is 0 Å². The van der Waals surface area contributed by atoms with Crippen LogP contribution in [-0.2, 0) is 10.0 Å². The molecule has 0 aliphatic heterocycles. The molecule has 0 amide bonds. The van der Waals surface area contributed by atoms with Crippen LogP contribution in [0.15, 0.2) is 23.1 Å². The van der Waals surface area contributed by atoms with Crippen molar-refractivity contribution in [1.29, 1.82) is 0 Å². The highest BCUT2D eigenvalue weighted by atomic mass is 35.5. The van der Waals surface area contributed by atoms with Gasteiger partial charge < -0.3 is 5.11 Å². The van der Waals surface area contributed by atoms with E-state index in [0.29, 0.717) is 12.8 Å². The number of aliphatic hydroxyl groups excluding tert-OH is 1. The van der Waals surface area contributed by atoms with E-state index >= 15 is 0 Å². The Balaban J connectivity index is 2.65. The summed E-state index contributed by atoms with van der Waals surface area (Å²) < 4.78 is 39.9. The molecule has 0 atom stereocenters. The summed E-state index contributed by atoms with van der Waals surface area (Å²) in [6, 6.07) is 3.84. The van der Waals surface area contributed by atoms with Crippen LogP contribution in [0.3, 0.4) is 0 Å². The molecule has 0 aromatic heterocycles. The summed E-state index contributed by atoms with van der Waals surface area (Å²) in [6.07, 6.45) is 1.21. The summed E-state index contributed by atoms with van der Waals surface area (Å²) in [5.41, 5.74) is -0.257. The van der Waals surface area contributed by atoms with Crippen LogP contribution in [0.2, 0.25) is 5.02 Å². The molecule has 0 spiro atoms. The molecule has 0 saturated carbocycles. The lowest BCUT2D eigenvalue weighted by Crippen LogP contribution is -2.27. The third-order valence-corrected chi connectivity index (χ3v) is 4.73. The largest absolute Gasteiger partial charge is 0.396 e. The molecule has 114 valence electrons. The van der Waals surface area contributed by atoms with E-state index in [4.69, 9.17) is 16.7 Å².